The Morgan fingerprint density at radius 2 is 2.00 bits per heavy atom. The normalized spacial score (nSPS) is 11.9. The largest absolute Gasteiger partial charge is 0.494 e. The molecular weight excluding hydrogens is 280 g/mol. The summed E-state index contributed by atoms with van der Waals surface area (Å²) < 4.78 is 10.6. The van der Waals surface area contributed by atoms with Crippen molar-refractivity contribution < 1.29 is 13.9 Å². The highest BCUT2D eigenvalue weighted by Gasteiger charge is 2.12. The van der Waals surface area contributed by atoms with E-state index >= 15 is 0 Å². The number of hydrogen-bond acceptors (Lipinski definition) is 4. The van der Waals surface area contributed by atoms with Crippen LogP contribution >= 0.6 is 0 Å². The van der Waals surface area contributed by atoms with Gasteiger partial charge in [0.15, 0.2) is 0 Å². The zero-order valence-corrected chi connectivity index (χ0v) is 13.0. The molecule has 0 spiro atoms. The van der Waals surface area contributed by atoms with Crippen LogP contribution in [0.3, 0.4) is 0 Å². The standard InChI is InChI=1S/C17H22N2O3/c1-3-21-15-8-6-14(7-9-15)11-18-13(2)17(20)19-12-16-5-4-10-22-16/h4-10,13,18H,3,11-12H2,1-2H3,(H,19,20). The van der Waals surface area contributed by atoms with Gasteiger partial charge in [-0.1, -0.05) is 12.1 Å². The van der Waals surface area contributed by atoms with Crippen LogP contribution < -0.4 is 15.4 Å². The van der Waals surface area contributed by atoms with Crippen LogP contribution in [-0.2, 0) is 17.9 Å². The van der Waals surface area contributed by atoms with Crippen LogP contribution in [0.5, 0.6) is 5.75 Å². The van der Waals surface area contributed by atoms with E-state index in [2.05, 4.69) is 10.6 Å². The lowest BCUT2D eigenvalue weighted by molar-refractivity contribution is -0.123. The first-order chi connectivity index (χ1) is 10.7. The van der Waals surface area contributed by atoms with Crippen LogP contribution in [-0.4, -0.2) is 18.6 Å². The molecule has 1 heterocycles. The van der Waals surface area contributed by atoms with Gasteiger partial charge in [-0.15, -0.1) is 0 Å². The number of benzene rings is 1. The van der Waals surface area contributed by atoms with Gasteiger partial charge >= 0.3 is 0 Å². The minimum absolute atomic E-state index is 0.0534. The molecule has 0 aliphatic heterocycles. The number of hydrogen-bond donors (Lipinski definition) is 2. The number of carbonyl (C=O) groups excluding carboxylic acids is 1. The van der Waals surface area contributed by atoms with Crippen molar-refractivity contribution >= 4 is 5.91 Å². The van der Waals surface area contributed by atoms with Gasteiger partial charge in [-0.3, -0.25) is 4.79 Å². The SMILES string of the molecule is CCOc1ccc(CNC(C)C(=O)NCc2ccco2)cc1. The number of nitrogens with one attached hydrogen (secondary N) is 2. The first-order valence-electron chi connectivity index (χ1n) is 7.44. The van der Waals surface area contributed by atoms with E-state index in [1.807, 2.05) is 44.2 Å². The fourth-order valence-electron chi connectivity index (χ4n) is 1.97. The molecule has 2 N–H and O–H groups in total. The summed E-state index contributed by atoms with van der Waals surface area (Å²) in [5, 5.41) is 6.03. The lowest BCUT2D eigenvalue weighted by Gasteiger charge is -2.14. The monoisotopic (exact) mass is 302 g/mol. The molecule has 0 aliphatic rings. The average Bonchev–Trinajstić information content (AvgIpc) is 3.05. The summed E-state index contributed by atoms with van der Waals surface area (Å²) in [7, 11) is 0. The third kappa shape index (κ3) is 4.93. The summed E-state index contributed by atoms with van der Waals surface area (Å²) in [5.74, 6) is 1.55. The van der Waals surface area contributed by atoms with Gasteiger partial charge in [0, 0.05) is 6.54 Å². The fraction of sp³-hybridized carbons (Fsp3) is 0.353. The molecule has 1 aromatic carbocycles. The molecule has 5 heteroatoms. The van der Waals surface area contributed by atoms with Crippen molar-refractivity contribution in [1.29, 1.82) is 0 Å². The van der Waals surface area contributed by atoms with Gasteiger partial charge in [-0.25, -0.2) is 0 Å². The van der Waals surface area contributed by atoms with E-state index in [9.17, 15) is 4.79 Å². The minimum Gasteiger partial charge on any atom is -0.494 e. The fourth-order valence-corrected chi connectivity index (χ4v) is 1.97. The molecule has 0 radical (unpaired) electrons. The summed E-state index contributed by atoms with van der Waals surface area (Å²) >= 11 is 0. The molecule has 1 amide bonds. The smallest absolute Gasteiger partial charge is 0.237 e. The highest BCUT2D eigenvalue weighted by Crippen LogP contribution is 2.12. The average molecular weight is 302 g/mol. The van der Waals surface area contributed by atoms with Gasteiger partial charge in [0.25, 0.3) is 0 Å². The molecule has 0 aliphatic carbocycles. The van der Waals surface area contributed by atoms with Crippen LogP contribution in [0.15, 0.2) is 47.1 Å². The van der Waals surface area contributed by atoms with E-state index in [1.165, 1.54) is 0 Å². The third-order valence-corrected chi connectivity index (χ3v) is 3.26. The molecule has 2 rings (SSSR count). The third-order valence-electron chi connectivity index (χ3n) is 3.26. The van der Waals surface area contributed by atoms with Crippen molar-refractivity contribution in [3.63, 3.8) is 0 Å². The number of carbonyl (C=O) groups is 1. The van der Waals surface area contributed by atoms with Crippen molar-refractivity contribution in [2.24, 2.45) is 0 Å². The molecule has 0 saturated heterocycles. The lowest BCUT2D eigenvalue weighted by atomic mass is 10.2. The van der Waals surface area contributed by atoms with Crippen LogP contribution in [0, 0.1) is 0 Å². The Labute approximate surface area is 130 Å². The number of furan rings is 1. The maximum absolute atomic E-state index is 12.0. The molecular formula is C17H22N2O3. The molecule has 2 aromatic rings. The first-order valence-corrected chi connectivity index (χ1v) is 7.44. The summed E-state index contributed by atoms with van der Waals surface area (Å²) in [4.78, 5) is 12.0. The van der Waals surface area contributed by atoms with Gasteiger partial charge < -0.3 is 19.8 Å². The van der Waals surface area contributed by atoms with Crippen LogP contribution in [0.4, 0.5) is 0 Å². The summed E-state index contributed by atoms with van der Waals surface area (Å²) in [5.41, 5.74) is 1.11. The maximum atomic E-state index is 12.0. The Morgan fingerprint density at radius 3 is 2.64 bits per heavy atom. The minimum atomic E-state index is -0.276. The highest BCUT2D eigenvalue weighted by molar-refractivity contribution is 5.81. The lowest BCUT2D eigenvalue weighted by Crippen LogP contribution is -2.41. The zero-order chi connectivity index (χ0) is 15.8. The Kier molecular flexibility index (Phi) is 6.03. The molecule has 0 fully saturated rings. The van der Waals surface area contributed by atoms with Crippen molar-refractivity contribution in [3.8, 4) is 5.75 Å². The summed E-state index contributed by atoms with van der Waals surface area (Å²) in [6, 6.07) is 11.2. The molecule has 1 unspecified atom stereocenters. The van der Waals surface area contributed by atoms with E-state index < -0.39 is 0 Å². The van der Waals surface area contributed by atoms with Crippen molar-refractivity contribution in [2.75, 3.05) is 6.61 Å². The van der Waals surface area contributed by atoms with Crippen LogP contribution in [0.1, 0.15) is 25.2 Å². The predicted octanol–water partition coefficient (Wildman–Crippen LogP) is 2.47. The van der Waals surface area contributed by atoms with E-state index in [1.54, 1.807) is 12.3 Å². The topological polar surface area (TPSA) is 63.5 Å². The van der Waals surface area contributed by atoms with Gasteiger partial charge in [0.05, 0.1) is 25.5 Å². The Morgan fingerprint density at radius 1 is 1.23 bits per heavy atom. The molecule has 118 valence electrons. The zero-order valence-electron chi connectivity index (χ0n) is 13.0. The predicted molar refractivity (Wildman–Crippen MR) is 84.5 cm³/mol. The van der Waals surface area contributed by atoms with Crippen molar-refractivity contribution in [3.05, 3.63) is 54.0 Å². The van der Waals surface area contributed by atoms with Crippen molar-refractivity contribution in [1.82, 2.24) is 10.6 Å². The van der Waals surface area contributed by atoms with Crippen LogP contribution in [0.25, 0.3) is 0 Å². The van der Waals surface area contributed by atoms with Gasteiger partial charge in [-0.05, 0) is 43.7 Å². The van der Waals surface area contributed by atoms with Crippen molar-refractivity contribution in [2.45, 2.75) is 33.0 Å². The second-order valence-electron chi connectivity index (χ2n) is 4.98. The van der Waals surface area contributed by atoms with Gasteiger partial charge in [-0.2, -0.15) is 0 Å². The maximum Gasteiger partial charge on any atom is 0.237 e. The Bertz CT molecular complexity index is 564. The second-order valence-corrected chi connectivity index (χ2v) is 4.98. The highest BCUT2D eigenvalue weighted by atomic mass is 16.5. The first kappa shape index (κ1) is 16.1. The van der Waals surface area contributed by atoms with Gasteiger partial charge in [0.1, 0.15) is 11.5 Å². The Balaban J connectivity index is 1.74. The second kappa shape index (κ2) is 8.24. The van der Waals surface area contributed by atoms with E-state index in [4.69, 9.17) is 9.15 Å². The number of ether oxygens (including phenoxy) is 1. The molecule has 22 heavy (non-hydrogen) atoms. The molecule has 1 aromatic heterocycles. The molecule has 5 nitrogen and oxygen atoms in total. The quantitative estimate of drug-likeness (QED) is 0.786. The molecule has 1 atom stereocenters. The van der Waals surface area contributed by atoms with Crippen LogP contribution in [0.2, 0.25) is 0 Å². The van der Waals surface area contributed by atoms with E-state index in [0.717, 1.165) is 17.1 Å². The van der Waals surface area contributed by atoms with E-state index in [0.29, 0.717) is 19.7 Å². The number of amides is 1. The molecule has 0 saturated carbocycles. The number of rotatable bonds is 8. The van der Waals surface area contributed by atoms with Gasteiger partial charge in [0.2, 0.25) is 5.91 Å². The van der Waals surface area contributed by atoms with E-state index in [-0.39, 0.29) is 11.9 Å². The Hall–Kier alpha value is -2.27. The molecule has 0 bridgehead atoms. The summed E-state index contributed by atoms with van der Waals surface area (Å²) in [6.45, 7) is 5.48. The summed E-state index contributed by atoms with van der Waals surface area (Å²) in [6.07, 6.45) is 1.59.